The second-order valence-electron chi connectivity index (χ2n) is 8.12. The summed E-state index contributed by atoms with van der Waals surface area (Å²) in [6.07, 6.45) is 3.40. The fourth-order valence-electron chi connectivity index (χ4n) is 3.76. The molecule has 3 rings (SSSR count). The number of carbonyl (C=O) groups is 1. The summed E-state index contributed by atoms with van der Waals surface area (Å²) in [6, 6.07) is -0.289. The molecule has 1 aromatic heterocycles. The summed E-state index contributed by atoms with van der Waals surface area (Å²) in [5.41, 5.74) is 8.06. The van der Waals surface area contributed by atoms with Gasteiger partial charge in [0.2, 0.25) is 0 Å². The molecule has 5 nitrogen and oxygen atoms in total. The van der Waals surface area contributed by atoms with Crippen LogP contribution in [0.4, 0.5) is 5.00 Å². The number of nitrogens with two attached hydrogens (primary N) is 1. The molecule has 1 fully saturated rings. The van der Waals surface area contributed by atoms with Crippen LogP contribution in [0.3, 0.4) is 0 Å². The van der Waals surface area contributed by atoms with Gasteiger partial charge in [0.25, 0.3) is 5.91 Å². The van der Waals surface area contributed by atoms with E-state index in [2.05, 4.69) is 26.1 Å². The van der Waals surface area contributed by atoms with E-state index in [0.717, 1.165) is 24.8 Å². The lowest BCUT2D eigenvalue weighted by molar-refractivity contribution is 0.0941. The molecule has 2 heterocycles. The largest absolute Gasteiger partial charge is 0.390 e. The van der Waals surface area contributed by atoms with Crippen molar-refractivity contribution in [2.45, 2.75) is 52.5 Å². The summed E-state index contributed by atoms with van der Waals surface area (Å²) >= 11 is 1.52. The predicted molar refractivity (Wildman–Crippen MR) is 98.2 cm³/mol. The molecular formula is C17H26N2O3S2. The van der Waals surface area contributed by atoms with Crippen LogP contribution < -0.4 is 11.1 Å². The van der Waals surface area contributed by atoms with Crippen molar-refractivity contribution < 1.29 is 13.2 Å². The lowest BCUT2D eigenvalue weighted by Crippen LogP contribution is -2.36. The molecule has 1 aromatic rings. The van der Waals surface area contributed by atoms with Gasteiger partial charge in [-0.25, -0.2) is 8.42 Å². The maximum absolute atomic E-state index is 12.7. The van der Waals surface area contributed by atoms with Gasteiger partial charge in [0, 0.05) is 10.9 Å². The van der Waals surface area contributed by atoms with Gasteiger partial charge in [-0.1, -0.05) is 20.8 Å². The maximum Gasteiger partial charge on any atom is 0.254 e. The number of hydrogen-bond acceptors (Lipinski definition) is 5. The van der Waals surface area contributed by atoms with Crippen LogP contribution in [0.5, 0.6) is 0 Å². The molecular weight excluding hydrogens is 344 g/mol. The number of nitrogens with one attached hydrogen (secondary N) is 1. The van der Waals surface area contributed by atoms with E-state index >= 15 is 0 Å². The Balaban J connectivity index is 1.78. The van der Waals surface area contributed by atoms with Crippen molar-refractivity contribution in [2.24, 2.45) is 11.3 Å². The zero-order chi connectivity index (χ0) is 17.7. The predicted octanol–water partition coefficient (Wildman–Crippen LogP) is 2.40. The number of nitrogen functional groups attached to an aromatic ring is 1. The van der Waals surface area contributed by atoms with Gasteiger partial charge in [0.1, 0.15) is 0 Å². The summed E-state index contributed by atoms with van der Waals surface area (Å²) in [4.78, 5) is 13.9. The Bertz CT molecular complexity index is 760. The van der Waals surface area contributed by atoms with Crippen molar-refractivity contribution in [1.29, 1.82) is 0 Å². The first-order valence-electron chi connectivity index (χ1n) is 8.48. The quantitative estimate of drug-likeness (QED) is 0.836. The van der Waals surface area contributed by atoms with Gasteiger partial charge in [0.05, 0.1) is 22.1 Å². The minimum absolute atomic E-state index is 0.0388. The van der Waals surface area contributed by atoms with Crippen LogP contribution in [0.2, 0.25) is 0 Å². The van der Waals surface area contributed by atoms with E-state index in [4.69, 9.17) is 5.73 Å². The Morgan fingerprint density at radius 1 is 1.29 bits per heavy atom. The molecule has 1 aliphatic heterocycles. The fourth-order valence-corrected chi connectivity index (χ4v) is 6.63. The van der Waals surface area contributed by atoms with Crippen molar-refractivity contribution in [3.05, 3.63) is 16.0 Å². The minimum atomic E-state index is -3.00. The van der Waals surface area contributed by atoms with Crippen LogP contribution in [0, 0.1) is 11.3 Å². The number of anilines is 1. The highest BCUT2D eigenvalue weighted by Gasteiger charge is 2.35. The minimum Gasteiger partial charge on any atom is -0.390 e. The molecule has 0 radical (unpaired) electrons. The van der Waals surface area contributed by atoms with Crippen molar-refractivity contribution >= 4 is 32.1 Å². The number of thiophene rings is 1. The fraction of sp³-hybridized carbons (Fsp3) is 0.706. The van der Waals surface area contributed by atoms with Crippen molar-refractivity contribution in [3.8, 4) is 0 Å². The SMILES string of the molecule is CC(C)(C)[C@H]1CCc2c(sc(N)c2C(=O)N[C@@H]2CCS(=O)(=O)C2)C1. The highest BCUT2D eigenvalue weighted by molar-refractivity contribution is 7.91. The Morgan fingerprint density at radius 3 is 2.58 bits per heavy atom. The smallest absolute Gasteiger partial charge is 0.254 e. The van der Waals surface area contributed by atoms with Crippen LogP contribution in [0.25, 0.3) is 0 Å². The Morgan fingerprint density at radius 2 is 2.00 bits per heavy atom. The average Bonchev–Trinajstić information content (AvgIpc) is 2.95. The van der Waals surface area contributed by atoms with Crippen LogP contribution in [0.1, 0.15) is 54.4 Å². The van der Waals surface area contributed by atoms with E-state index in [1.54, 1.807) is 0 Å². The highest BCUT2D eigenvalue weighted by Crippen LogP contribution is 2.43. The normalized spacial score (nSPS) is 26.1. The first kappa shape index (κ1) is 17.7. The lowest BCUT2D eigenvalue weighted by atomic mass is 9.72. The third-order valence-electron chi connectivity index (χ3n) is 5.31. The molecule has 1 aliphatic carbocycles. The highest BCUT2D eigenvalue weighted by atomic mass is 32.2. The number of rotatable bonds is 2. The third kappa shape index (κ3) is 3.47. The Kier molecular flexibility index (Phi) is 4.45. The first-order valence-corrected chi connectivity index (χ1v) is 11.1. The molecule has 2 atom stereocenters. The second kappa shape index (κ2) is 6.02. The zero-order valence-electron chi connectivity index (χ0n) is 14.5. The Labute approximate surface area is 147 Å². The average molecular weight is 371 g/mol. The van der Waals surface area contributed by atoms with Crippen molar-refractivity contribution in [3.63, 3.8) is 0 Å². The van der Waals surface area contributed by atoms with Crippen LogP contribution in [0.15, 0.2) is 0 Å². The molecule has 1 saturated heterocycles. The summed E-state index contributed by atoms with van der Waals surface area (Å²) in [7, 11) is -3.00. The van der Waals surface area contributed by atoms with E-state index in [1.165, 1.54) is 16.2 Å². The molecule has 134 valence electrons. The molecule has 3 N–H and O–H groups in total. The van der Waals surface area contributed by atoms with E-state index < -0.39 is 9.84 Å². The second-order valence-corrected chi connectivity index (χ2v) is 11.5. The topological polar surface area (TPSA) is 89.3 Å². The van der Waals surface area contributed by atoms with E-state index in [-0.39, 0.29) is 28.9 Å². The van der Waals surface area contributed by atoms with Crippen LogP contribution in [-0.4, -0.2) is 31.9 Å². The lowest BCUT2D eigenvalue weighted by Gasteiger charge is -2.33. The first-order chi connectivity index (χ1) is 11.1. The monoisotopic (exact) mass is 370 g/mol. The number of amides is 1. The molecule has 24 heavy (non-hydrogen) atoms. The Hall–Kier alpha value is -1.08. The van der Waals surface area contributed by atoms with Crippen LogP contribution in [-0.2, 0) is 22.7 Å². The van der Waals surface area contributed by atoms with E-state index in [0.29, 0.717) is 22.9 Å². The third-order valence-corrected chi connectivity index (χ3v) is 8.16. The number of fused-ring (bicyclic) bond motifs is 1. The van der Waals surface area contributed by atoms with Crippen molar-refractivity contribution in [1.82, 2.24) is 5.32 Å². The summed E-state index contributed by atoms with van der Waals surface area (Å²) in [5.74, 6) is 0.583. The van der Waals surface area contributed by atoms with Gasteiger partial charge in [-0.15, -0.1) is 11.3 Å². The maximum atomic E-state index is 12.7. The van der Waals surface area contributed by atoms with Crippen LogP contribution >= 0.6 is 11.3 Å². The van der Waals surface area contributed by atoms with E-state index in [1.807, 2.05) is 0 Å². The van der Waals surface area contributed by atoms with Crippen molar-refractivity contribution in [2.75, 3.05) is 17.2 Å². The van der Waals surface area contributed by atoms with Gasteiger partial charge >= 0.3 is 0 Å². The molecule has 0 bridgehead atoms. The molecule has 0 unspecified atom stereocenters. The number of hydrogen-bond donors (Lipinski definition) is 2. The molecule has 7 heteroatoms. The molecule has 0 aromatic carbocycles. The van der Waals surface area contributed by atoms with Gasteiger partial charge in [-0.3, -0.25) is 4.79 Å². The summed E-state index contributed by atoms with van der Waals surface area (Å²) < 4.78 is 23.1. The number of carbonyl (C=O) groups excluding carboxylic acids is 1. The summed E-state index contributed by atoms with van der Waals surface area (Å²) in [5, 5.41) is 3.44. The van der Waals surface area contributed by atoms with Gasteiger partial charge in [0.15, 0.2) is 9.84 Å². The molecule has 0 saturated carbocycles. The van der Waals surface area contributed by atoms with Gasteiger partial charge in [-0.2, -0.15) is 0 Å². The van der Waals surface area contributed by atoms with E-state index in [9.17, 15) is 13.2 Å². The molecule has 2 aliphatic rings. The van der Waals surface area contributed by atoms with Gasteiger partial charge < -0.3 is 11.1 Å². The molecule has 1 amide bonds. The molecule has 0 spiro atoms. The van der Waals surface area contributed by atoms with Gasteiger partial charge in [-0.05, 0) is 42.6 Å². The summed E-state index contributed by atoms with van der Waals surface area (Å²) in [6.45, 7) is 6.77. The number of sulfone groups is 1. The standard InChI is InChI=1S/C17H26N2O3S2/c1-17(2,3)10-4-5-12-13(8-10)23-15(18)14(12)16(20)19-11-6-7-24(21,22)9-11/h10-11H,4-9,18H2,1-3H3,(H,19,20)/t10-,11+/m0/s1. The zero-order valence-corrected chi connectivity index (χ0v) is 16.1.